The predicted octanol–water partition coefficient (Wildman–Crippen LogP) is 2.73. The third-order valence-corrected chi connectivity index (χ3v) is 4.81. The number of likely N-dealkylation sites (N-methyl/N-ethyl adjacent to an activating group) is 1. The second-order valence-corrected chi connectivity index (χ2v) is 6.60. The van der Waals surface area contributed by atoms with Crippen LogP contribution in [0.2, 0.25) is 0 Å². The highest BCUT2D eigenvalue weighted by Gasteiger charge is 2.18. The quantitative estimate of drug-likeness (QED) is 0.908. The fourth-order valence-corrected chi connectivity index (χ4v) is 3.34. The number of hydrogen-bond donors (Lipinski definition) is 2. The maximum Gasteiger partial charge on any atom is 0.321 e. The first kappa shape index (κ1) is 15.9. The zero-order valence-corrected chi connectivity index (χ0v) is 14.0. The van der Waals surface area contributed by atoms with Gasteiger partial charge in [0, 0.05) is 36.9 Å². The zero-order chi connectivity index (χ0) is 16.1. The van der Waals surface area contributed by atoms with Gasteiger partial charge in [0.15, 0.2) is 5.16 Å². The number of nitrogens with one attached hydrogen (secondary N) is 2. The standard InChI is InChI=1S/C16H21N5OS/c1-20-9-4-10-21(12-11-20)16(22)19-13-5-2-3-6-14(13)23-15-17-7-8-18-15/h2-3,5-8H,4,9-12H2,1H3,(H,17,18)(H,19,22). The molecule has 2 amide bonds. The first-order valence-electron chi connectivity index (χ1n) is 7.73. The molecule has 7 heteroatoms. The van der Waals surface area contributed by atoms with Crippen molar-refractivity contribution in [3.8, 4) is 0 Å². The molecule has 3 rings (SSSR count). The fraction of sp³-hybridized carbons (Fsp3) is 0.375. The van der Waals surface area contributed by atoms with E-state index in [0.29, 0.717) is 0 Å². The number of amides is 2. The van der Waals surface area contributed by atoms with Gasteiger partial charge in [-0.2, -0.15) is 0 Å². The Morgan fingerprint density at radius 1 is 1.26 bits per heavy atom. The number of anilines is 1. The summed E-state index contributed by atoms with van der Waals surface area (Å²) in [6.07, 6.45) is 4.52. The van der Waals surface area contributed by atoms with E-state index in [-0.39, 0.29) is 6.03 Å². The van der Waals surface area contributed by atoms with Crippen LogP contribution in [-0.4, -0.2) is 59.0 Å². The molecule has 2 N–H and O–H groups in total. The van der Waals surface area contributed by atoms with E-state index in [1.54, 1.807) is 12.4 Å². The number of carbonyl (C=O) groups is 1. The Morgan fingerprint density at radius 2 is 2.13 bits per heavy atom. The maximum atomic E-state index is 12.5. The lowest BCUT2D eigenvalue weighted by Gasteiger charge is -2.21. The second-order valence-electron chi connectivity index (χ2n) is 5.57. The number of hydrogen-bond acceptors (Lipinski definition) is 4. The van der Waals surface area contributed by atoms with E-state index in [9.17, 15) is 4.79 Å². The molecule has 23 heavy (non-hydrogen) atoms. The summed E-state index contributed by atoms with van der Waals surface area (Å²) in [6.45, 7) is 3.50. The monoisotopic (exact) mass is 331 g/mol. The molecule has 1 aliphatic rings. The molecule has 1 fully saturated rings. The minimum absolute atomic E-state index is 0.0344. The Kier molecular flexibility index (Phi) is 5.19. The van der Waals surface area contributed by atoms with E-state index < -0.39 is 0 Å². The van der Waals surface area contributed by atoms with Gasteiger partial charge >= 0.3 is 6.03 Å². The summed E-state index contributed by atoms with van der Waals surface area (Å²) in [4.78, 5) is 25.0. The van der Waals surface area contributed by atoms with Crippen molar-refractivity contribution in [2.75, 3.05) is 38.5 Å². The highest BCUT2D eigenvalue weighted by molar-refractivity contribution is 7.99. The van der Waals surface area contributed by atoms with Crippen LogP contribution in [0.3, 0.4) is 0 Å². The van der Waals surface area contributed by atoms with Crippen LogP contribution in [-0.2, 0) is 0 Å². The molecular weight excluding hydrogens is 310 g/mol. The number of rotatable bonds is 3. The van der Waals surface area contributed by atoms with Gasteiger partial charge in [0.2, 0.25) is 0 Å². The topological polar surface area (TPSA) is 64.3 Å². The van der Waals surface area contributed by atoms with Crippen LogP contribution in [0.15, 0.2) is 46.7 Å². The van der Waals surface area contributed by atoms with Crippen molar-refractivity contribution in [3.63, 3.8) is 0 Å². The van der Waals surface area contributed by atoms with Crippen molar-refractivity contribution in [2.24, 2.45) is 0 Å². The minimum atomic E-state index is -0.0344. The molecule has 1 aromatic carbocycles. The largest absolute Gasteiger partial charge is 0.339 e. The lowest BCUT2D eigenvalue weighted by atomic mass is 10.3. The summed E-state index contributed by atoms with van der Waals surface area (Å²) >= 11 is 1.51. The first-order chi connectivity index (χ1) is 11.2. The van der Waals surface area contributed by atoms with Gasteiger partial charge in [-0.3, -0.25) is 0 Å². The fourth-order valence-electron chi connectivity index (χ4n) is 2.51. The molecule has 1 saturated heterocycles. The van der Waals surface area contributed by atoms with Crippen LogP contribution >= 0.6 is 11.8 Å². The molecule has 0 aliphatic carbocycles. The van der Waals surface area contributed by atoms with Gasteiger partial charge in [-0.1, -0.05) is 12.1 Å². The van der Waals surface area contributed by atoms with Crippen LogP contribution in [0.1, 0.15) is 6.42 Å². The number of aromatic nitrogens is 2. The van der Waals surface area contributed by atoms with Crippen molar-refractivity contribution >= 4 is 23.5 Å². The number of benzene rings is 1. The number of imidazole rings is 1. The van der Waals surface area contributed by atoms with E-state index in [1.165, 1.54) is 11.8 Å². The van der Waals surface area contributed by atoms with Crippen molar-refractivity contribution < 1.29 is 4.79 Å². The molecule has 0 bridgehead atoms. The van der Waals surface area contributed by atoms with Crippen molar-refractivity contribution in [1.82, 2.24) is 19.8 Å². The van der Waals surface area contributed by atoms with E-state index in [4.69, 9.17) is 0 Å². The average molecular weight is 331 g/mol. The molecule has 0 atom stereocenters. The van der Waals surface area contributed by atoms with Crippen LogP contribution in [0.25, 0.3) is 0 Å². The molecule has 0 saturated carbocycles. The summed E-state index contributed by atoms with van der Waals surface area (Å²) in [5, 5.41) is 3.85. The van der Waals surface area contributed by atoms with Crippen molar-refractivity contribution in [3.05, 3.63) is 36.7 Å². The minimum Gasteiger partial charge on any atom is -0.339 e. The third-order valence-electron chi connectivity index (χ3n) is 3.82. The molecule has 6 nitrogen and oxygen atoms in total. The predicted molar refractivity (Wildman–Crippen MR) is 91.9 cm³/mol. The van der Waals surface area contributed by atoms with Crippen LogP contribution in [0.5, 0.6) is 0 Å². The van der Waals surface area contributed by atoms with Crippen molar-refractivity contribution in [2.45, 2.75) is 16.5 Å². The number of carbonyl (C=O) groups excluding carboxylic acids is 1. The summed E-state index contributed by atoms with van der Waals surface area (Å²) in [6, 6.07) is 7.76. The van der Waals surface area contributed by atoms with E-state index in [0.717, 1.165) is 48.3 Å². The Morgan fingerprint density at radius 3 is 2.96 bits per heavy atom. The Hall–Kier alpha value is -1.99. The number of nitrogens with zero attached hydrogens (tertiary/aromatic N) is 3. The molecule has 0 unspecified atom stereocenters. The summed E-state index contributed by atoms with van der Waals surface area (Å²) in [5.41, 5.74) is 0.816. The van der Waals surface area contributed by atoms with E-state index in [2.05, 4.69) is 27.2 Å². The molecule has 1 aliphatic heterocycles. The molecule has 2 aromatic rings. The number of H-pyrrole nitrogens is 1. The van der Waals surface area contributed by atoms with Crippen molar-refractivity contribution in [1.29, 1.82) is 0 Å². The van der Waals surface area contributed by atoms with E-state index >= 15 is 0 Å². The van der Waals surface area contributed by atoms with Gasteiger partial charge < -0.3 is 20.1 Å². The Bertz CT molecular complexity index is 646. The maximum absolute atomic E-state index is 12.5. The first-order valence-corrected chi connectivity index (χ1v) is 8.55. The number of para-hydroxylation sites is 1. The Labute approximate surface area is 140 Å². The van der Waals surface area contributed by atoms with Gasteiger partial charge in [-0.25, -0.2) is 9.78 Å². The highest BCUT2D eigenvalue weighted by atomic mass is 32.2. The molecule has 0 radical (unpaired) electrons. The molecule has 0 spiro atoms. The molecular formula is C16H21N5OS. The van der Waals surface area contributed by atoms with Crippen LogP contribution < -0.4 is 5.32 Å². The van der Waals surface area contributed by atoms with Gasteiger partial charge in [-0.15, -0.1) is 0 Å². The molecule has 1 aromatic heterocycles. The van der Waals surface area contributed by atoms with E-state index in [1.807, 2.05) is 29.2 Å². The SMILES string of the molecule is CN1CCCN(C(=O)Nc2ccccc2Sc2ncc[nH]2)CC1. The summed E-state index contributed by atoms with van der Waals surface area (Å²) in [7, 11) is 2.09. The van der Waals surface area contributed by atoms with Gasteiger partial charge in [0.25, 0.3) is 0 Å². The van der Waals surface area contributed by atoms with Gasteiger partial charge in [0.05, 0.1) is 5.69 Å². The normalized spacial score (nSPS) is 16.1. The number of aromatic amines is 1. The van der Waals surface area contributed by atoms with Gasteiger partial charge in [0.1, 0.15) is 0 Å². The summed E-state index contributed by atoms with van der Waals surface area (Å²) in [5.74, 6) is 0. The smallest absolute Gasteiger partial charge is 0.321 e. The second kappa shape index (κ2) is 7.52. The lowest BCUT2D eigenvalue weighted by molar-refractivity contribution is 0.213. The van der Waals surface area contributed by atoms with Crippen LogP contribution in [0, 0.1) is 0 Å². The third kappa shape index (κ3) is 4.27. The lowest BCUT2D eigenvalue weighted by Crippen LogP contribution is -2.37. The number of urea groups is 1. The molecule has 2 heterocycles. The Balaban J connectivity index is 1.68. The summed E-state index contributed by atoms with van der Waals surface area (Å²) < 4.78 is 0. The van der Waals surface area contributed by atoms with Crippen LogP contribution in [0.4, 0.5) is 10.5 Å². The zero-order valence-electron chi connectivity index (χ0n) is 13.2. The van der Waals surface area contributed by atoms with Gasteiger partial charge in [-0.05, 0) is 43.9 Å². The highest BCUT2D eigenvalue weighted by Crippen LogP contribution is 2.31. The average Bonchev–Trinajstić information content (AvgIpc) is 2.96. The molecule has 122 valence electrons.